The summed E-state index contributed by atoms with van der Waals surface area (Å²) in [5.74, 6) is -2.66. The Bertz CT molecular complexity index is 1030. The molecule has 0 aliphatic heterocycles. The first-order valence-corrected chi connectivity index (χ1v) is 13.4. The average molecular weight is 519 g/mol. The van der Waals surface area contributed by atoms with Crippen molar-refractivity contribution in [3.8, 4) is 0 Å². The molecule has 0 bridgehead atoms. The lowest BCUT2D eigenvalue weighted by atomic mass is 9.45. The fourth-order valence-electron chi connectivity index (χ4n) is 8.02. The molecular formula is C28H38O9. The van der Waals surface area contributed by atoms with Gasteiger partial charge in [0, 0.05) is 24.2 Å². The second-order valence-corrected chi connectivity index (χ2v) is 11.8. The molecule has 0 aromatic carbocycles. The fraction of sp³-hybridized carbons (Fsp3) is 0.750. The molecule has 0 aromatic rings. The number of carbonyl (C=O) groups is 5. The molecule has 4 aliphatic rings. The normalized spacial score (nSPS) is 38.5. The first-order chi connectivity index (χ1) is 17.4. The lowest BCUT2D eigenvalue weighted by molar-refractivity contribution is -0.197. The van der Waals surface area contributed by atoms with Gasteiger partial charge in [0.15, 0.2) is 12.4 Å². The number of carboxylic acid groups (broad SMARTS) is 1. The second-order valence-electron chi connectivity index (χ2n) is 11.8. The van der Waals surface area contributed by atoms with Gasteiger partial charge >= 0.3 is 17.9 Å². The molecule has 0 aromatic heterocycles. The summed E-state index contributed by atoms with van der Waals surface area (Å²) >= 11 is 0. The summed E-state index contributed by atoms with van der Waals surface area (Å²) in [5.41, 5.74) is -1.82. The number of hydrogen-bond acceptors (Lipinski definition) is 8. The number of carbonyl (C=O) groups excluding carboxylic acids is 4. The summed E-state index contributed by atoms with van der Waals surface area (Å²) in [4.78, 5) is 60.7. The van der Waals surface area contributed by atoms with E-state index in [9.17, 15) is 29.1 Å². The smallest absolute Gasteiger partial charge is 0.306 e. The van der Waals surface area contributed by atoms with Crippen LogP contribution in [0.25, 0.3) is 0 Å². The summed E-state index contributed by atoms with van der Waals surface area (Å²) in [7, 11) is 0. The number of aliphatic hydroxyl groups is 1. The van der Waals surface area contributed by atoms with Gasteiger partial charge in [-0.25, -0.2) is 0 Å². The summed E-state index contributed by atoms with van der Waals surface area (Å²) < 4.78 is 11.1. The molecule has 37 heavy (non-hydrogen) atoms. The van der Waals surface area contributed by atoms with Crippen LogP contribution in [0.2, 0.25) is 0 Å². The number of hydrogen-bond donors (Lipinski definition) is 2. The van der Waals surface area contributed by atoms with Crippen molar-refractivity contribution in [1.29, 1.82) is 0 Å². The van der Waals surface area contributed by atoms with Crippen LogP contribution in [0.4, 0.5) is 0 Å². The Labute approximate surface area is 217 Å². The first kappa shape index (κ1) is 27.5. The van der Waals surface area contributed by atoms with Gasteiger partial charge in [-0.1, -0.05) is 26.3 Å². The first-order valence-electron chi connectivity index (χ1n) is 13.4. The molecular weight excluding hydrogens is 480 g/mol. The van der Waals surface area contributed by atoms with E-state index >= 15 is 0 Å². The molecule has 204 valence electrons. The zero-order valence-electron chi connectivity index (χ0n) is 21.9. The minimum atomic E-state index is -1.76. The van der Waals surface area contributed by atoms with Crippen LogP contribution < -0.4 is 0 Å². The Morgan fingerprint density at radius 1 is 1.05 bits per heavy atom. The monoisotopic (exact) mass is 518 g/mol. The number of ketones is 2. The lowest BCUT2D eigenvalue weighted by Crippen LogP contribution is -2.62. The van der Waals surface area contributed by atoms with Crippen molar-refractivity contribution in [3.63, 3.8) is 0 Å². The van der Waals surface area contributed by atoms with E-state index in [1.807, 2.05) is 6.92 Å². The number of esters is 2. The number of ether oxygens (including phenoxy) is 2. The van der Waals surface area contributed by atoms with E-state index in [0.717, 1.165) is 18.4 Å². The highest BCUT2D eigenvalue weighted by molar-refractivity contribution is 5.92. The number of fused-ring (bicyclic) bond motifs is 5. The van der Waals surface area contributed by atoms with Gasteiger partial charge in [-0.05, 0) is 61.9 Å². The summed E-state index contributed by atoms with van der Waals surface area (Å²) in [6.07, 6.45) is 4.56. The maximum atomic E-state index is 13.3. The number of aliphatic carboxylic acids is 1. The molecule has 1 unspecified atom stereocenters. The van der Waals surface area contributed by atoms with E-state index in [-0.39, 0.29) is 54.2 Å². The molecule has 9 nitrogen and oxygen atoms in total. The summed E-state index contributed by atoms with van der Waals surface area (Å²) in [5, 5.41) is 20.6. The van der Waals surface area contributed by atoms with E-state index in [1.165, 1.54) is 0 Å². The molecule has 7 atom stereocenters. The molecule has 0 heterocycles. The average Bonchev–Trinajstić information content (AvgIpc) is 3.12. The Morgan fingerprint density at radius 2 is 1.78 bits per heavy atom. The number of rotatable bonds is 8. The van der Waals surface area contributed by atoms with Crippen LogP contribution >= 0.6 is 0 Å². The predicted octanol–water partition coefficient (Wildman–Crippen LogP) is 3.16. The van der Waals surface area contributed by atoms with Crippen molar-refractivity contribution in [2.75, 3.05) is 6.61 Å². The van der Waals surface area contributed by atoms with Gasteiger partial charge in [-0.3, -0.25) is 24.0 Å². The molecule has 3 fully saturated rings. The Balaban J connectivity index is 1.62. The van der Waals surface area contributed by atoms with Gasteiger partial charge in [0.25, 0.3) is 0 Å². The van der Waals surface area contributed by atoms with Gasteiger partial charge in [0.05, 0.1) is 12.8 Å². The van der Waals surface area contributed by atoms with E-state index < -0.39 is 47.9 Å². The van der Waals surface area contributed by atoms with Crippen LogP contribution in [0, 0.1) is 28.6 Å². The lowest BCUT2D eigenvalue weighted by Gasteiger charge is -2.60. The van der Waals surface area contributed by atoms with Crippen LogP contribution in [0.15, 0.2) is 11.6 Å². The fourth-order valence-corrected chi connectivity index (χ4v) is 8.02. The summed E-state index contributed by atoms with van der Waals surface area (Å²) in [6, 6.07) is 0. The maximum Gasteiger partial charge on any atom is 0.306 e. The number of Topliss-reactive ketones (excluding diaryl/α,β-unsaturated/α-hetero) is 1. The van der Waals surface area contributed by atoms with Crippen LogP contribution in [-0.2, 0) is 33.4 Å². The van der Waals surface area contributed by atoms with Crippen LogP contribution in [0.3, 0.4) is 0 Å². The van der Waals surface area contributed by atoms with Crippen molar-refractivity contribution in [3.05, 3.63) is 11.6 Å². The predicted molar refractivity (Wildman–Crippen MR) is 130 cm³/mol. The molecule has 2 N–H and O–H groups in total. The summed E-state index contributed by atoms with van der Waals surface area (Å²) in [6.45, 7) is 5.16. The van der Waals surface area contributed by atoms with E-state index in [1.54, 1.807) is 13.0 Å². The molecule has 3 saturated carbocycles. The highest BCUT2D eigenvalue weighted by atomic mass is 16.5. The third kappa shape index (κ3) is 4.64. The Kier molecular flexibility index (Phi) is 7.40. The van der Waals surface area contributed by atoms with Crippen LogP contribution in [0.1, 0.15) is 85.0 Å². The number of carboxylic acids is 1. The largest absolute Gasteiger partial charge is 0.481 e. The quantitative estimate of drug-likeness (QED) is 0.463. The molecule has 4 rings (SSSR count). The van der Waals surface area contributed by atoms with Crippen molar-refractivity contribution in [2.45, 2.75) is 96.7 Å². The second kappa shape index (κ2) is 9.97. The topological polar surface area (TPSA) is 144 Å². The molecule has 0 saturated heterocycles. The highest BCUT2D eigenvalue weighted by Gasteiger charge is 2.69. The number of allylic oxidation sites excluding steroid dienone is 1. The minimum Gasteiger partial charge on any atom is -0.481 e. The van der Waals surface area contributed by atoms with Gasteiger partial charge in [-0.15, -0.1) is 0 Å². The van der Waals surface area contributed by atoms with Gasteiger partial charge in [0.2, 0.25) is 5.78 Å². The highest BCUT2D eigenvalue weighted by Crippen LogP contribution is 2.68. The molecule has 0 spiro atoms. The minimum absolute atomic E-state index is 0.00161. The van der Waals surface area contributed by atoms with Crippen molar-refractivity contribution < 1.29 is 43.7 Å². The third-order valence-corrected chi connectivity index (χ3v) is 9.97. The third-order valence-electron chi connectivity index (χ3n) is 9.97. The van der Waals surface area contributed by atoms with Gasteiger partial charge in [-0.2, -0.15) is 0 Å². The molecule has 0 radical (unpaired) electrons. The van der Waals surface area contributed by atoms with Crippen molar-refractivity contribution in [2.24, 2.45) is 28.6 Å². The standard InChI is InChI=1S/C28H38O9/c1-4-23(33)37-20-14-27(3)19(18-6-5-16-13-17(29)9-11-26(16,2)25(18)20)10-12-28(27,35)21(30)15-36-24(34)8-7-22(31)32/h13,18-20,25,35H,4-12,14-15H2,1-3H3,(H,31,32)/t18-,19-,20?,25+,26-,27-,28-/m0/s1. The van der Waals surface area contributed by atoms with Crippen molar-refractivity contribution in [1.82, 2.24) is 0 Å². The Morgan fingerprint density at radius 3 is 2.46 bits per heavy atom. The SMILES string of the molecule is CCC(=O)OC1C[C@@]2(C)[C@@H](CC[C@]2(O)C(=O)COC(=O)CCC(=O)O)[C@@H]2CCC3=CC(=O)CC[C@]3(C)[C@@H]12. The van der Waals surface area contributed by atoms with E-state index in [2.05, 4.69) is 6.92 Å². The van der Waals surface area contributed by atoms with E-state index in [0.29, 0.717) is 25.7 Å². The van der Waals surface area contributed by atoms with Crippen LogP contribution in [0.5, 0.6) is 0 Å². The molecule has 9 heteroatoms. The van der Waals surface area contributed by atoms with Gasteiger partial charge in [0.1, 0.15) is 11.7 Å². The van der Waals surface area contributed by atoms with E-state index in [4.69, 9.17) is 14.6 Å². The van der Waals surface area contributed by atoms with Gasteiger partial charge < -0.3 is 19.7 Å². The molecule has 0 amide bonds. The van der Waals surface area contributed by atoms with Crippen LogP contribution in [-0.4, -0.2) is 58.0 Å². The maximum absolute atomic E-state index is 13.3. The molecule has 4 aliphatic carbocycles. The zero-order valence-corrected chi connectivity index (χ0v) is 21.9. The zero-order chi connectivity index (χ0) is 27.2. The van der Waals surface area contributed by atoms with Crippen molar-refractivity contribution >= 4 is 29.5 Å². The Hall–Kier alpha value is -2.55.